The van der Waals surface area contributed by atoms with Gasteiger partial charge in [-0.2, -0.15) is 0 Å². The van der Waals surface area contributed by atoms with Crippen LogP contribution in [-0.4, -0.2) is 6.29 Å². The Morgan fingerprint density at radius 2 is 1.61 bits per heavy atom. The Balaban J connectivity index is 1.77. The van der Waals surface area contributed by atoms with Crippen LogP contribution in [0.2, 0.25) is 0 Å². The number of hydrogen-bond acceptors (Lipinski definition) is 1. The first-order chi connectivity index (χ1) is 8.69. The summed E-state index contributed by atoms with van der Waals surface area (Å²) in [4.78, 5) is 11.1. The van der Waals surface area contributed by atoms with E-state index in [0.717, 1.165) is 24.2 Å². The lowest BCUT2D eigenvalue weighted by Crippen LogP contribution is -2.24. The van der Waals surface area contributed by atoms with Crippen molar-refractivity contribution in [2.24, 2.45) is 29.6 Å². The summed E-state index contributed by atoms with van der Waals surface area (Å²) >= 11 is 0. The van der Waals surface area contributed by atoms with E-state index in [1.54, 1.807) is 0 Å². The van der Waals surface area contributed by atoms with E-state index in [1.165, 1.54) is 57.7 Å². The van der Waals surface area contributed by atoms with Crippen molar-refractivity contribution in [3.63, 3.8) is 0 Å². The summed E-state index contributed by atoms with van der Waals surface area (Å²) in [5.41, 5.74) is 0. The minimum atomic E-state index is 0.386. The van der Waals surface area contributed by atoms with Crippen molar-refractivity contribution < 1.29 is 4.79 Å². The first kappa shape index (κ1) is 14.1. The predicted molar refractivity (Wildman–Crippen MR) is 76.4 cm³/mol. The molecule has 2 saturated carbocycles. The second kappa shape index (κ2) is 6.73. The molecule has 0 amide bonds. The van der Waals surface area contributed by atoms with Crippen LogP contribution in [0.25, 0.3) is 0 Å². The Hall–Kier alpha value is -0.330. The molecule has 4 atom stereocenters. The molecule has 0 aliphatic heterocycles. The van der Waals surface area contributed by atoms with Gasteiger partial charge in [-0.1, -0.05) is 33.1 Å². The molecule has 0 radical (unpaired) electrons. The first-order valence-corrected chi connectivity index (χ1v) is 8.14. The van der Waals surface area contributed by atoms with Crippen molar-refractivity contribution in [2.45, 2.75) is 71.6 Å². The van der Waals surface area contributed by atoms with Crippen molar-refractivity contribution in [3.05, 3.63) is 0 Å². The van der Waals surface area contributed by atoms with E-state index in [0.29, 0.717) is 11.8 Å². The Kier molecular flexibility index (Phi) is 5.26. The van der Waals surface area contributed by atoms with E-state index in [4.69, 9.17) is 0 Å². The highest BCUT2D eigenvalue weighted by atomic mass is 16.1. The number of carbonyl (C=O) groups is 1. The fourth-order valence-corrected chi connectivity index (χ4v) is 4.57. The quantitative estimate of drug-likeness (QED) is 0.652. The maximum Gasteiger partial charge on any atom is 0.123 e. The zero-order chi connectivity index (χ0) is 13.0. The van der Waals surface area contributed by atoms with E-state index in [1.807, 2.05) is 0 Å². The molecular weight excluding hydrogens is 220 g/mol. The summed E-state index contributed by atoms with van der Waals surface area (Å²) in [6.07, 6.45) is 13.3. The molecule has 104 valence electrons. The molecule has 0 aromatic rings. The van der Waals surface area contributed by atoms with Crippen LogP contribution in [0.4, 0.5) is 0 Å². The van der Waals surface area contributed by atoms with Gasteiger partial charge >= 0.3 is 0 Å². The highest BCUT2D eigenvalue weighted by Gasteiger charge is 2.28. The van der Waals surface area contributed by atoms with E-state index < -0.39 is 0 Å². The summed E-state index contributed by atoms with van der Waals surface area (Å²) in [6.45, 7) is 4.83. The molecule has 0 bridgehead atoms. The third-order valence-electron chi connectivity index (χ3n) is 5.36. The highest BCUT2D eigenvalue weighted by molar-refractivity contribution is 5.54. The van der Waals surface area contributed by atoms with Crippen molar-refractivity contribution in [1.29, 1.82) is 0 Å². The molecule has 2 rings (SSSR count). The van der Waals surface area contributed by atoms with Crippen molar-refractivity contribution in [1.82, 2.24) is 0 Å². The van der Waals surface area contributed by atoms with Gasteiger partial charge in [0.25, 0.3) is 0 Å². The molecule has 4 unspecified atom stereocenters. The van der Waals surface area contributed by atoms with Crippen LogP contribution < -0.4 is 0 Å². The number of carbonyl (C=O) groups excluding carboxylic acids is 1. The Morgan fingerprint density at radius 1 is 0.944 bits per heavy atom. The molecule has 1 nitrogen and oxygen atoms in total. The van der Waals surface area contributed by atoms with Gasteiger partial charge in [-0.05, 0) is 62.2 Å². The van der Waals surface area contributed by atoms with Gasteiger partial charge in [0.15, 0.2) is 0 Å². The first-order valence-electron chi connectivity index (χ1n) is 8.14. The Morgan fingerprint density at radius 3 is 2.28 bits per heavy atom. The highest BCUT2D eigenvalue weighted by Crippen LogP contribution is 2.38. The minimum Gasteiger partial charge on any atom is -0.303 e. The van der Waals surface area contributed by atoms with Gasteiger partial charge in [0.05, 0.1) is 0 Å². The summed E-state index contributed by atoms with van der Waals surface area (Å²) in [5, 5.41) is 0. The van der Waals surface area contributed by atoms with Gasteiger partial charge in [0, 0.05) is 5.92 Å². The van der Waals surface area contributed by atoms with Crippen molar-refractivity contribution in [3.8, 4) is 0 Å². The van der Waals surface area contributed by atoms with Gasteiger partial charge in [-0.15, -0.1) is 0 Å². The second-order valence-corrected chi connectivity index (χ2v) is 7.21. The molecule has 18 heavy (non-hydrogen) atoms. The zero-order valence-electron chi connectivity index (χ0n) is 12.2. The standard InChI is InChI=1S/C17H30O/c1-13-9-14(2)11-15(10-13)7-8-16-5-3-4-6-17(16)12-18/h12-17H,3-11H2,1-2H3. The van der Waals surface area contributed by atoms with E-state index in [-0.39, 0.29) is 0 Å². The largest absolute Gasteiger partial charge is 0.303 e. The van der Waals surface area contributed by atoms with E-state index >= 15 is 0 Å². The summed E-state index contributed by atoms with van der Waals surface area (Å²) in [6, 6.07) is 0. The molecule has 0 N–H and O–H groups in total. The second-order valence-electron chi connectivity index (χ2n) is 7.21. The molecule has 0 aromatic heterocycles. The van der Waals surface area contributed by atoms with Crippen molar-refractivity contribution in [2.75, 3.05) is 0 Å². The zero-order valence-corrected chi connectivity index (χ0v) is 12.2. The molecular formula is C17H30O. The number of rotatable bonds is 4. The maximum absolute atomic E-state index is 11.1. The van der Waals surface area contributed by atoms with Crippen LogP contribution >= 0.6 is 0 Å². The number of hydrogen-bond donors (Lipinski definition) is 0. The molecule has 2 aliphatic carbocycles. The lowest BCUT2D eigenvalue weighted by molar-refractivity contribution is -0.113. The minimum absolute atomic E-state index is 0.386. The normalized spacial score (nSPS) is 41.6. The fourth-order valence-electron chi connectivity index (χ4n) is 4.57. The molecule has 0 spiro atoms. The van der Waals surface area contributed by atoms with Crippen LogP contribution in [0, 0.1) is 29.6 Å². The monoisotopic (exact) mass is 250 g/mol. The average Bonchev–Trinajstić information content (AvgIpc) is 2.35. The molecule has 1 heteroatoms. The van der Waals surface area contributed by atoms with Crippen LogP contribution in [0.5, 0.6) is 0 Å². The van der Waals surface area contributed by atoms with Gasteiger partial charge in [-0.3, -0.25) is 0 Å². The fraction of sp³-hybridized carbons (Fsp3) is 0.941. The van der Waals surface area contributed by atoms with E-state index in [2.05, 4.69) is 13.8 Å². The van der Waals surface area contributed by atoms with Gasteiger partial charge in [0.2, 0.25) is 0 Å². The lowest BCUT2D eigenvalue weighted by Gasteiger charge is -2.34. The summed E-state index contributed by atoms with van der Waals surface area (Å²) < 4.78 is 0. The van der Waals surface area contributed by atoms with E-state index in [9.17, 15) is 4.79 Å². The summed E-state index contributed by atoms with van der Waals surface area (Å²) in [5.74, 6) is 3.89. The third kappa shape index (κ3) is 3.83. The topological polar surface area (TPSA) is 17.1 Å². The molecule has 0 heterocycles. The maximum atomic E-state index is 11.1. The predicted octanol–water partition coefficient (Wildman–Crippen LogP) is 4.84. The molecule has 0 saturated heterocycles. The molecule has 0 aromatic carbocycles. The molecule has 2 aliphatic rings. The van der Waals surface area contributed by atoms with Gasteiger partial charge in [0.1, 0.15) is 6.29 Å². The number of aldehydes is 1. The smallest absolute Gasteiger partial charge is 0.123 e. The van der Waals surface area contributed by atoms with Crippen LogP contribution in [0.3, 0.4) is 0 Å². The molecule has 2 fully saturated rings. The third-order valence-corrected chi connectivity index (χ3v) is 5.36. The van der Waals surface area contributed by atoms with Crippen LogP contribution in [0.15, 0.2) is 0 Å². The Bertz CT molecular complexity index is 250. The van der Waals surface area contributed by atoms with Crippen LogP contribution in [-0.2, 0) is 4.79 Å². The van der Waals surface area contributed by atoms with Crippen molar-refractivity contribution >= 4 is 6.29 Å². The lowest BCUT2D eigenvalue weighted by atomic mass is 9.72. The van der Waals surface area contributed by atoms with Crippen LogP contribution in [0.1, 0.15) is 71.6 Å². The van der Waals surface area contributed by atoms with Gasteiger partial charge in [-0.25, -0.2) is 0 Å². The van der Waals surface area contributed by atoms with Gasteiger partial charge < -0.3 is 4.79 Å². The summed E-state index contributed by atoms with van der Waals surface area (Å²) in [7, 11) is 0. The average molecular weight is 250 g/mol. The SMILES string of the molecule is CC1CC(C)CC(CCC2CCCCC2C=O)C1. The Labute approximate surface area is 113 Å².